The van der Waals surface area contributed by atoms with Crippen molar-refractivity contribution in [2.24, 2.45) is 11.8 Å². The van der Waals surface area contributed by atoms with Crippen LogP contribution < -0.4 is 0 Å². The summed E-state index contributed by atoms with van der Waals surface area (Å²) in [7, 11) is 0. The van der Waals surface area contributed by atoms with Crippen LogP contribution in [-0.2, 0) is 5.41 Å². The van der Waals surface area contributed by atoms with Crippen molar-refractivity contribution in [1.29, 1.82) is 0 Å². The van der Waals surface area contributed by atoms with Crippen molar-refractivity contribution in [1.82, 2.24) is 0 Å². The first-order valence-electron chi connectivity index (χ1n) is 6.63. The minimum atomic E-state index is 0.293. The number of hydrogen-bond acceptors (Lipinski definition) is 0. The summed E-state index contributed by atoms with van der Waals surface area (Å²) in [5.41, 5.74) is 1.69. The van der Waals surface area contributed by atoms with Gasteiger partial charge in [-0.3, -0.25) is 0 Å². The van der Waals surface area contributed by atoms with E-state index in [1.807, 2.05) is 0 Å². The monoisotopic (exact) mass is 216 g/mol. The lowest BCUT2D eigenvalue weighted by atomic mass is 9.60. The smallest absolute Gasteiger partial charge is 0.0132 e. The zero-order valence-corrected chi connectivity index (χ0v) is 10.9. The Hall–Kier alpha value is -0.780. The van der Waals surface area contributed by atoms with Crippen LogP contribution in [0.3, 0.4) is 0 Å². The van der Waals surface area contributed by atoms with Crippen molar-refractivity contribution in [3.05, 3.63) is 35.9 Å². The SMILES string of the molecule is C1CC2CCC12.CC(C)(C)c1ccccc1. The summed E-state index contributed by atoms with van der Waals surface area (Å²) in [6.07, 6.45) is 6.24. The van der Waals surface area contributed by atoms with Crippen LogP contribution in [0.25, 0.3) is 0 Å². The molecule has 0 N–H and O–H groups in total. The minimum absolute atomic E-state index is 0.293. The average molecular weight is 216 g/mol. The Morgan fingerprint density at radius 2 is 1.25 bits per heavy atom. The fourth-order valence-corrected chi connectivity index (χ4v) is 2.50. The zero-order chi connectivity index (χ0) is 11.6. The third-order valence-corrected chi connectivity index (χ3v) is 4.12. The van der Waals surface area contributed by atoms with E-state index in [1.54, 1.807) is 25.7 Å². The van der Waals surface area contributed by atoms with Gasteiger partial charge < -0.3 is 0 Å². The van der Waals surface area contributed by atoms with Gasteiger partial charge in [0.2, 0.25) is 0 Å². The summed E-state index contributed by atoms with van der Waals surface area (Å²) in [5.74, 6) is 2.43. The van der Waals surface area contributed by atoms with E-state index in [0.29, 0.717) is 5.41 Å². The van der Waals surface area contributed by atoms with Crippen molar-refractivity contribution in [3.63, 3.8) is 0 Å². The van der Waals surface area contributed by atoms with Crippen molar-refractivity contribution < 1.29 is 0 Å². The van der Waals surface area contributed by atoms with E-state index in [0.717, 1.165) is 0 Å². The van der Waals surface area contributed by atoms with Gasteiger partial charge in [-0.15, -0.1) is 0 Å². The lowest BCUT2D eigenvalue weighted by molar-refractivity contribution is 0.0548. The first kappa shape index (κ1) is 11.7. The molecule has 0 heterocycles. The van der Waals surface area contributed by atoms with Crippen molar-refractivity contribution >= 4 is 0 Å². The van der Waals surface area contributed by atoms with Gasteiger partial charge in [0.1, 0.15) is 0 Å². The lowest BCUT2D eigenvalue weighted by Crippen LogP contribution is -2.34. The predicted molar refractivity (Wildman–Crippen MR) is 70.6 cm³/mol. The highest BCUT2D eigenvalue weighted by Crippen LogP contribution is 2.49. The first-order chi connectivity index (χ1) is 7.57. The van der Waals surface area contributed by atoms with Crippen molar-refractivity contribution in [3.8, 4) is 0 Å². The fourth-order valence-electron chi connectivity index (χ4n) is 2.50. The van der Waals surface area contributed by atoms with E-state index >= 15 is 0 Å². The quantitative estimate of drug-likeness (QED) is 0.585. The summed E-state index contributed by atoms with van der Waals surface area (Å²) in [5, 5.41) is 0. The van der Waals surface area contributed by atoms with Gasteiger partial charge in [-0.05, 0) is 48.5 Å². The molecule has 0 amide bonds. The maximum Gasteiger partial charge on any atom is -0.0132 e. The third-order valence-electron chi connectivity index (χ3n) is 4.12. The predicted octanol–water partition coefficient (Wildman–Crippen LogP) is 4.79. The molecule has 0 aliphatic heterocycles. The molecule has 2 aliphatic carbocycles. The maximum atomic E-state index is 2.22. The largest absolute Gasteiger partial charge is 0.0622 e. The van der Waals surface area contributed by atoms with Crippen LogP contribution in [0.4, 0.5) is 0 Å². The minimum Gasteiger partial charge on any atom is -0.0622 e. The van der Waals surface area contributed by atoms with E-state index in [2.05, 4.69) is 51.1 Å². The van der Waals surface area contributed by atoms with Gasteiger partial charge >= 0.3 is 0 Å². The molecule has 1 aromatic carbocycles. The Labute approximate surface area is 100 Å². The molecule has 3 rings (SSSR count). The molecule has 0 radical (unpaired) electrons. The van der Waals surface area contributed by atoms with Crippen LogP contribution in [-0.4, -0.2) is 0 Å². The van der Waals surface area contributed by atoms with Crippen LogP contribution in [0.2, 0.25) is 0 Å². The van der Waals surface area contributed by atoms with Gasteiger partial charge in [-0.1, -0.05) is 51.1 Å². The highest BCUT2D eigenvalue weighted by atomic mass is 14.4. The molecule has 0 heteroatoms. The normalized spacial score (nSPS) is 26.7. The highest BCUT2D eigenvalue weighted by molar-refractivity contribution is 5.21. The van der Waals surface area contributed by atoms with Gasteiger partial charge in [0.15, 0.2) is 0 Å². The molecule has 2 aliphatic rings. The molecule has 1 aromatic rings. The molecule has 0 unspecified atom stereocenters. The second kappa shape index (κ2) is 4.61. The van der Waals surface area contributed by atoms with Gasteiger partial charge in [0, 0.05) is 0 Å². The molecule has 0 atom stereocenters. The topological polar surface area (TPSA) is 0 Å². The first-order valence-corrected chi connectivity index (χ1v) is 6.63. The second-order valence-electron chi connectivity index (χ2n) is 6.29. The fraction of sp³-hybridized carbons (Fsp3) is 0.625. The standard InChI is InChI=1S/C10H14.C6H10/c1-10(2,3)9-7-5-4-6-8-9;1-2-6-4-3-5(1)6/h4-8H,1-3H3;5-6H,1-4H2. The zero-order valence-electron chi connectivity index (χ0n) is 10.9. The molecule has 0 aromatic heterocycles. The Morgan fingerprint density at radius 1 is 0.812 bits per heavy atom. The Bertz CT molecular complexity index is 300. The summed E-state index contributed by atoms with van der Waals surface area (Å²) < 4.78 is 0. The average Bonchev–Trinajstić information content (AvgIpc) is 2.24. The Morgan fingerprint density at radius 3 is 1.44 bits per heavy atom. The summed E-state index contributed by atoms with van der Waals surface area (Å²) in [6, 6.07) is 10.6. The molecular formula is C16H24. The second-order valence-corrected chi connectivity index (χ2v) is 6.29. The van der Waals surface area contributed by atoms with Crippen LogP contribution in [0.5, 0.6) is 0 Å². The Kier molecular flexibility index (Phi) is 3.37. The van der Waals surface area contributed by atoms with E-state index in [4.69, 9.17) is 0 Å². The van der Waals surface area contributed by atoms with Gasteiger partial charge in [-0.2, -0.15) is 0 Å². The molecule has 0 saturated heterocycles. The van der Waals surface area contributed by atoms with E-state index < -0.39 is 0 Å². The number of rotatable bonds is 0. The molecule has 0 bridgehead atoms. The highest BCUT2D eigenvalue weighted by Gasteiger charge is 2.37. The van der Waals surface area contributed by atoms with E-state index in [-0.39, 0.29) is 0 Å². The summed E-state index contributed by atoms with van der Waals surface area (Å²) in [4.78, 5) is 0. The number of hydrogen-bond donors (Lipinski definition) is 0. The van der Waals surface area contributed by atoms with Crippen molar-refractivity contribution in [2.45, 2.75) is 51.9 Å². The van der Waals surface area contributed by atoms with Gasteiger partial charge in [0.25, 0.3) is 0 Å². The summed E-state index contributed by atoms with van der Waals surface area (Å²) in [6.45, 7) is 6.67. The van der Waals surface area contributed by atoms with Crippen LogP contribution in [0.1, 0.15) is 52.0 Å². The van der Waals surface area contributed by atoms with Crippen LogP contribution in [0.15, 0.2) is 30.3 Å². The summed E-state index contributed by atoms with van der Waals surface area (Å²) >= 11 is 0. The Balaban J connectivity index is 0.000000134. The van der Waals surface area contributed by atoms with Crippen LogP contribution in [0, 0.1) is 11.8 Å². The number of benzene rings is 1. The van der Waals surface area contributed by atoms with Crippen LogP contribution >= 0.6 is 0 Å². The van der Waals surface area contributed by atoms with Gasteiger partial charge in [0.05, 0.1) is 0 Å². The number of fused-ring (bicyclic) bond motifs is 1. The van der Waals surface area contributed by atoms with Crippen molar-refractivity contribution in [2.75, 3.05) is 0 Å². The molecule has 0 spiro atoms. The lowest BCUT2D eigenvalue weighted by Gasteiger charge is -2.46. The third kappa shape index (κ3) is 2.66. The van der Waals surface area contributed by atoms with Gasteiger partial charge in [-0.25, -0.2) is 0 Å². The molecule has 88 valence electrons. The van der Waals surface area contributed by atoms with E-state index in [9.17, 15) is 0 Å². The molecule has 2 fully saturated rings. The van der Waals surface area contributed by atoms with E-state index in [1.165, 1.54) is 17.4 Å². The maximum absolute atomic E-state index is 2.22. The molecule has 2 saturated carbocycles. The molecule has 0 nitrogen and oxygen atoms in total. The molecule has 16 heavy (non-hydrogen) atoms. The molecular weight excluding hydrogens is 192 g/mol.